The molecule has 2 rings (SSSR count). The minimum absolute atomic E-state index is 0.0280. The Hall–Kier alpha value is -2.15. The third-order valence-corrected chi connectivity index (χ3v) is 4.45. The van der Waals surface area contributed by atoms with Crippen LogP contribution in [0.1, 0.15) is 35.6 Å². The number of ether oxygens (including phenoxy) is 1. The number of rotatable bonds is 5. The number of carbonyl (C=O) groups excluding carboxylic acids is 2. The quantitative estimate of drug-likeness (QED) is 0.750. The van der Waals surface area contributed by atoms with Crippen LogP contribution in [0.5, 0.6) is 0 Å². The summed E-state index contributed by atoms with van der Waals surface area (Å²) in [6.07, 6.45) is -1.06. The Kier molecular flexibility index (Phi) is 6.00. The monoisotopic (exact) mass is 410 g/mol. The van der Waals surface area contributed by atoms with Gasteiger partial charge in [-0.05, 0) is 52.0 Å². The van der Waals surface area contributed by atoms with Crippen LogP contribution in [-0.2, 0) is 16.1 Å². The highest BCUT2D eigenvalue weighted by Crippen LogP contribution is 2.20. The molecule has 1 aromatic heterocycles. The fraction of sp³-hybridized carbons (Fsp3) is 0.333. The van der Waals surface area contributed by atoms with Gasteiger partial charge in [0.25, 0.3) is 5.91 Å². The predicted octanol–water partition coefficient (Wildman–Crippen LogP) is 4.21. The molecule has 0 bridgehead atoms. The van der Waals surface area contributed by atoms with Crippen molar-refractivity contribution in [3.63, 3.8) is 0 Å². The highest BCUT2D eigenvalue weighted by molar-refractivity contribution is 9.10. The number of esters is 1. The van der Waals surface area contributed by atoms with Gasteiger partial charge in [-0.15, -0.1) is 0 Å². The van der Waals surface area contributed by atoms with Crippen molar-refractivity contribution in [2.75, 3.05) is 5.32 Å². The fourth-order valence-electron chi connectivity index (χ4n) is 2.60. The van der Waals surface area contributed by atoms with Crippen molar-refractivity contribution >= 4 is 33.5 Å². The van der Waals surface area contributed by atoms with Gasteiger partial charge in [-0.2, -0.15) is 0 Å². The lowest BCUT2D eigenvalue weighted by atomic mass is 10.2. The van der Waals surface area contributed by atoms with Crippen LogP contribution in [0.2, 0.25) is 0 Å². The number of benzene rings is 1. The lowest BCUT2D eigenvalue weighted by Crippen LogP contribution is -2.30. The number of aryl methyl sites for hydroxylation is 1. The van der Waals surface area contributed by atoms with E-state index in [0.29, 0.717) is 10.0 Å². The predicted molar refractivity (Wildman–Crippen MR) is 97.2 cm³/mol. The SMILES string of the molecule is CCn1c(C)cc(C(=O)O[C@@H](C)C(=O)Nc2ccc(Br)cc2F)c1C. The van der Waals surface area contributed by atoms with Gasteiger partial charge >= 0.3 is 5.97 Å². The molecule has 1 atom stereocenters. The second-order valence-electron chi connectivity index (χ2n) is 5.69. The minimum atomic E-state index is -1.06. The van der Waals surface area contributed by atoms with Crippen LogP contribution in [0.15, 0.2) is 28.7 Å². The Morgan fingerprint density at radius 3 is 2.56 bits per heavy atom. The van der Waals surface area contributed by atoms with Gasteiger partial charge in [-0.3, -0.25) is 4.79 Å². The van der Waals surface area contributed by atoms with E-state index < -0.39 is 23.8 Å². The molecular formula is C18H20BrFN2O3. The van der Waals surface area contributed by atoms with Crippen LogP contribution < -0.4 is 5.32 Å². The fourth-order valence-corrected chi connectivity index (χ4v) is 2.93. The summed E-state index contributed by atoms with van der Waals surface area (Å²) in [6.45, 7) is 7.90. The first-order valence-electron chi connectivity index (χ1n) is 7.88. The topological polar surface area (TPSA) is 60.3 Å². The number of anilines is 1. The van der Waals surface area contributed by atoms with Crippen molar-refractivity contribution in [3.05, 3.63) is 51.5 Å². The van der Waals surface area contributed by atoms with Crippen molar-refractivity contribution < 1.29 is 18.7 Å². The molecular weight excluding hydrogens is 391 g/mol. The second-order valence-corrected chi connectivity index (χ2v) is 6.61. The summed E-state index contributed by atoms with van der Waals surface area (Å²) in [5, 5.41) is 2.42. The number of aromatic nitrogens is 1. The largest absolute Gasteiger partial charge is 0.449 e. The van der Waals surface area contributed by atoms with Crippen LogP contribution in [0.3, 0.4) is 0 Å². The molecule has 1 aromatic carbocycles. The van der Waals surface area contributed by atoms with E-state index in [9.17, 15) is 14.0 Å². The van der Waals surface area contributed by atoms with E-state index in [1.54, 1.807) is 12.1 Å². The van der Waals surface area contributed by atoms with Crippen molar-refractivity contribution in [1.82, 2.24) is 4.57 Å². The molecule has 0 saturated heterocycles. The molecule has 7 heteroatoms. The molecule has 0 aliphatic heterocycles. The summed E-state index contributed by atoms with van der Waals surface area (Å²) in [5.74, 6) is -1.75. The van der Waals surface area contributed by atoms with Gasteiger partial charge in [0.1, 0.15) is 5.82 Å². The van der Waals surface area contributed by atoms with Crippen LogP contribution in [0, 0.1) is 19.7 Å². The van der Waals surface area contributed by atoms with Crippen LogP contribution in [-0.4, -0.2) is 22.5 Å². The molecule has 2 aromatic rings. The van der Waals surface area contributed by atoms with E-state index in [1.165, 1.54) is 19.1 Å². The summed E-state index contributed by atoms with van der Waals surface area (Å²) >= 11 is 3.15. The number of amides is 1. The molecule has 0 fully saturated rings. The van der Waals surface area contributed by atoms with E-state index in [1.807, 2.05) is 25.3 Å². The first-order valence-corrected chi connectivity index (χ1v) is 8.67. The average molecular weight is 411 g/mol. The molecule has 1 amide bonds. The summed E-state index contributed by atoms with van der Waals surface area (Å²) in [6, 6.07) is 6.02. The third-order valence-electron chi connectivity index (χ3n) is 3.95. The molecule has 134 valence electrons. The molecule has 0 unspecified atom stereocenters. The average Bonchev–Trinajstić information content (AvgIpc) is 2.84. The number of carbonyl (C=O) groups is 2. The molecule has 0 radical (unpaired) electrons. The first-order chi connectivity index (χ1) is 11.7. The molecule has 0 saturated carbocycles. The van der Waals surface area contributed by atoms with Crippen LogP contribution in [0.4, 0.5) is 10.1 Å². The summed E-state index contributed by atoms with van der Waals surface area (Å²) in [5.41, 5.74) is 2.19. The molecule has 1 heterocycles. The summed E-state index contributed by atoms with van der Waals surface area (Å²) < 4.78 is 21.6. The smallest absolute Gasteiger partial charge is 0.340 e. The lowest BCUT2D eigenvalue weighted by Gasteiger charge is -2.14. The third kappa shape index (κ3) is 4.28. The maximum atomic E-state index is 13.8. The normalized spacial score (nSPS) is 11.9. The maximum Gasteiger partial charge on any atom is 0.340 e. The van der Waals surface area contributed by atoms with Crippen LogP contribution >= 0.6 is 15.9 Å². The van der Waals surface area contributed by atoms with Crippen molar-refractivity contribution in [3.8, 4) is 0 Å². The Balaban J connectivity index is 2.07. The minimum Gasteiger partial charge on any atom is -0.449 e. The number of hydrogen-bond donors (Lipinski definition) is 1. The maximum absolute atomic E-state index is 13.8. The van der Waals surface area contributed by atoms with Gasteiger partial charge < -0.3 is 14.6 Å². The number of nitrogens with zero attached hydrogens (tertiary/aromatic N) is 1. The van der Waals surface area contributed by atoms with Crippen LogP contribution in [0.25, 0.3) is 0 Å². The van der Waals surface area contributed by atoms with E-state index in [-0.39, 0.29) is 5.69 Å². The standard InChI is InChI=1S/C18H20BrFN2O3/c1-5-22-10(2)8-14(11(22)3)18(24)25-12(4)17(23)21-16-7-6-13(19)9-15(16)20/h6-9,12H,5H2,1-4H3,(H,21,23)/t12-/m0/s1. The van der Waals surface area contributed by atoms with E-state index in [2.05, 4.69) is 21.2 Å². The van der Waals surface area contributed by atoms with Crippen molar-refractivity contribution in [1.29, 1.82) is 0 Å². The van der Waals surface area contributed by atoms with Gasteiger partial charge in [-0.1, -0.05) is 15.9 Å². The molecule has 1 N–H and O–H groups in total. The first kappa shape index (κ1) is 19.2. The van der Waals surface area contributed by atoms with Crippen molar-refractivity contribution in [2.24, 2.45) is 0 Å². The second kappa shape index (κ2) is 7.82. The van der Waals surface area contributed by atoms with Gasteiger partial charge in [0.15, 0.2) is 6.10 Å². The molecule has 0 aliphatic rings. The highest BCUT2D eigenvalue weighted by Gasteiger charge is 2.23. The Morgan fingerprint density at radius 1 is 1.32 bits per heavy atom. The molecule has 0 aliphatic carbocycles. The summed E-state index contributed by atoms with van der Waals surface area (Å²) in [7, 11) is 0. The van der Waals surface area contributed by atoms with Gasteiger partial charge in [0.05, 0.1) is 11.3 Å². The molecule has 5 nitrogen and oxygen atoms in total. The number of halogens is 2. The van der Waals surface area contributed by atoms with Gasteiger partial charge in [0.2, 0.25) is 0 Å². The van der Waals surface area contributed by atoms with Crippen molar-refractivity contribution in [2.45, 2.75) is 40.3 Å². The van der Waals surface area contributed by atoms with E-state index in [0.717, 1.165) is 17.9 Å². The van der Waals surface area contributed by atoms with E-state index in [4.69, 9.17) is 4.74 Å². The van der Waals surface area contributed by atoms with Gasteiger partial charge in [0, 0.05) is 22.4 Å². The number of hydrogen-bond acceptors (Lipinski definition) is 3. The Morgan fingerprint density at radius 2 is 2.00 bits per heavy atom. The lowest BCUT2D eigenvalue weighted by molar-refractivity contribution is -0.123. The zero-order valence-corrected chi connectivity index (χ0v) is 16.1. The zero-order chi connectivity index (χ0) is 18.7. The zero-order valence-electron chi connectivity index (χ0n) is 14.5. The summed E-state index contributed by atoms with van der Waals surface area (Å²) in [4.78, 5) is 24.5. The number of nitrogens with one attached hydrogen (secondary N) is 1. The van der Waals surface area contributed by atoms with E-state index >= 15 is 0 Å². The highest BCUT2D eigenvalue weighted by atomic mass is 79.9. The Labute approximate surface area is 154 Å². The molecule has 0 spiro atoms. The molecule has 25 heavy (non-hydrogen) atoms. The van der Waals surface area contributed by atoms with Gasteiger partial charge in [-0.25, -0.2) is 9.18 Å². The Bertz CT molecular complexity index is 817.